The summed E-state index contributed by atoms with van der Waals surface area (Å²) in [5.41, 5.74) is 7.47. The van der Waals surface area contributed by atoms with Crippen LogP contribution >= 0.6 is 0 Å². The van der Waals surface area contributed by atoms with Gasteiger partial charge in [-0.3, -0.25) is 0 Å². The first-order valence-electron chi connectivity index (χ1n) is 6.41. The van der Waals surface area contributed by atoms with Crippen LogP contribution in [0.3, 0.4) is 0 Å². The molecule has 0 radical (unpaired) electrons. The molecule has 0 saturated heterocycles. The smallest absolute Gasteiger partial charge is 0.124 e. The minimum absolute atomic E-state index is 0.286. The van der Waals surface area contributed by atoms with Crippen molar-refractivity contribution < 1.29 is 13.9 Å². The maximum absolute atomic E-state index is 13.2. The average molecular weight is 275 g/mol. The monoisotopic (exact) mass is 275 g/mol. The molecule has 0 unspecified atom stereocenters. The van der Waals surface area contributed by atoms with E-state index in [9.17, 15) is 4.39 Å². The third-order valence-electron chi connectivity index (χ3n) is 2.99. The molecular weight excluding hydrogens is 257 g/mol. The SMILES string of the molecule is COc1cccc(COc2ccc(F)cc2[C@@H](C)N)c1. The lowest BCUT2D eigenvalue weighted by atomic mass is 10.1. The number of ether oxygens (including phenoxy) is 2. The number of benzene rings is 2. The van der Waals surface area contributed by atoms with E-state index < -0.39 is 0 Å². The van der Waals surface area contributed by atoms with E-state index in [1.807, 2.05) is 24.3 Å². The van der Waals surface area contributed by atoms with E-state index >= 15 is 0 Å². The Hall–Kier alpha value is -2.07. The highest BCUT2D eigenvalue weighted by atomic mass is 19.1. The first kappa shape index (κ1) is 14.3. The van der Waals surface area contributed by atoms with Crippen LogP contribution in [0.2, 0.25) is 0 Å². The first-order valence-corrected chi connectivity index (χ1v) is 6.41. The van der Waals surface area contributed by atoms with Gasteiger partial charge in [-0.15, -0.1) is 0 Å². The van der Waals surface area contributed by atoms with E-state index in [0.717, 1.165) is 11.3 Å². The van der Waals surface area contributed by atoms with Crippen LogP contribution in [0.5, 0.6) is 11.5 Å². The molecule has 2 aromatic carbocycles. The van der Waals surface area contributed by atoms with Gasteiger partial charge in [-0.25, -0.2) is 4.39 Å². The Bertz CT molecular complexity index is 584. The lowest BCUT2D eigenvalue weighted by molar-refractivity contribution is 0.300. The Morgan fingerprint density at radius 3 is 2.70 bits per heavy atom. The Balaban J connectivity index is 2.14. The summed E-state index contributed by atoms with van der Waals surface area (Å²) < 4.78 is 24.1. The van der Waals surface area contributed by atoms with Crippen molar-refractivity contribution >= 4 is 0 Å². The van der Waals surface area contributed by atoms with Crippen molar-refractivity contribution in [1.82, 2.24) is 0 Å². The van der Waals surface area contributed by atoms with E-state index in [1.165, 1.54) is 12.1 Å². The van der Waals surface area contributed by atoms with Gasteiger partial charge in [0.15, 0.2) is 0 Å². The van der Waals surface area contributed by atoms with E-state index in [-0.39, 0.29) is 11.9 Å². The molecule has 2 aromatic rings. The summed E-state index contributed by atoms with van der Waals surface area (Å²) in [7, 11) is 1.62. The molecule has 0 spiro atoms. The molecule has 0 aromatic heterocycles. The van der Waals surface area contributed by atoms with E-state index in [2.05, 4.69) is 0 Å². The van der Waals surface area contributed by atoms with Gasteiger partial charge in [0.1, 0.15) is 23.9 Å². The van der Waals surface area contributed by atoms with Crippen molar-refractivity contribution in [3.63, 3.8) is 0 Å². The number of methoxy groups -OCH3 is 1. The predicted octanol–water partition coefficient (Wildman–Crippen LogP) is 3.43. The summed E-state index contributed by atoms with van der Waals surface area (Å²) >= 11 is 0. The maximum atomic E-state index is 13.2. The fraction of sp³-hybridized carbons (Fsp3) is 0.250. The van der Waals surface area contributed by atoms with Crippen LogP contribution in [-0.4, -0.2) is 7.11 Å². The maximum Gasteiger partial charge on any atom is 0.124 e. The minimum Gasteiger partial charge on any atom is -0.497 e. The standard InChI is InChI=1S/C16H18FNO2/c1-11(18)15-9-13(17)6-7-16(15)20-10-12-4-3-5-14(8-12)19-2/h3-9,11H,10,18H2,1-2H3/t11-/m1/s1. The second-order valence-corrected chi connectivity index (χ2v) is 4.61. The zero-order valence-corrected chi connectivity index (χ0v) is 11.6. The molecule has 0 amide bonds. The molecule has 0 saturated carbocycles. The van der Waals surface area contributed by atoms with Gasteiger partial charge in [-0.1, -0.05) is 12.1 Å². The Morgan fingerprint density at radius 1 is 1.20 bits per heavy atom. The van der Waals surface area contributed by atoms with E-state index in [1.54, 1.807) is 20.1 Å². The van der Waals surface area contributed by atoms with Crippen molar-refractivity contribution in [3.8, 4) is 11.5 Å². The number of hydrogen-bond donors (Lipinski definition) is 1. The molecule has 0 aliphatic carbocycles. The summed E-state index contributed by atoms with van der Waals surface area (Å²) in [6.07, 6.45) is 0. The van der Waals surface area contributed by atoms with Crippen LogP contribution in [0, 0.1) is 5.82 Å². The fourth-order valence-electron chi connectivity index (χ4n) is 1.93. The zero-order valence-electron chi connectivity index (χ0n) is 11.6. The molecule has 0 aliphatic rings. The Labute approximate surface area is 118 Å². The molecule has 1 atom stereocenters. The number of halogens is 1. The molecular formula is C16H18FNO2. The van der Waals surface area contributed by atoms with Crippen LogP contribution < -0.4 is 15.2 Å². The molecule has 20 heavy (non-hydrogen) atoms. The third kappa shape index (κ3) is 3.48. The van der Waals surface area contributed by atoms with E-state index in [0.29, 0.717) is 17.9 Å². The minimum atomic E-state index is -0.314. The van der Waals surface area contributed by atoms with Gasteiger partial charge in [0.05, 0.1) is 7.11 Å². The third-order valence-corrected chi connectivity index (χ3v) is 2.99. The van der Waals surface area contributed by atoms with Gasteiger partial charge in [0.2, 0.25) is 0 Å². The van der Waals surface area contributed by atoms with Crippen LogP contribution in [0.15, 0.2) is 42.5 Å². The van der Waals surface area contributed by atoms with Crippen molar-refractivity contribution in [1.29, 1.82) is 0 Å². The highest BCUT2D eigenvalue weighted by molar-refractivity contribution is 5.36. The first-order chi connectivity index (χ1) is 9.60. The Kier molecular flexibility index (Phi) is 4.58. The van der Waals surface area contributed by atoms with Gasteiger partial charge in [-0.2, -0.15) is 0 Å². The molecule has 0 bridgehead atoms. The van der Waals surface area contributed by atoms with Gasteiger partial charge in [-0.05, 0) is 42.8 Å². The topological polar surface area (TPSA) is 44.5 Å². The van der Waals surface area contributed by atoms with Gasteiger partial charge < -0.3 is 15.2 Å². The van der Waals surface area contributed by atoms with Crippen molar-refractivity contribution in [3.05, 3.63) is 59.4 Å². The van der Waals surface area contributed by atoms with Crippen molar-refractivity contribution in [2.24, 2.45) is 5.73 Å². The number of rotatable bonds is 5. The number of nitrogens with two attached hydrogens (primary N) is 1. The molecule has 3 nitrogen and oxygen atoms in total. The van der Waals surface area contributed by atoms with E-state index in [4.69, 9.17) is 15.2 Å². The Morgan fingerprint density at radius 2 is 2.00 bits per heavy atom. The fourth-order valence-corrected chi connectivity index (χ4v) is 1.93. The normalized spacial score (nSPS) is 12.0. The predicted molar refractivity (Wildman–Crippen MR) is 76.3 cm³/mol. The van der Waals surface area contributed by atoms with Crippen molar-refractivity contribution in [2.45, 2.75) is 19.6 Å². The lowest BCUT2D eigenvalue weighted by Gasteiger charge is -2.14. The highest BCUT2D eigenvalue weighted by Crippen LogP contribution is 2.26. The average Bonchev–Trinajstić information content (AvgIpc) is 2.46. The summed E-state index contributed by atoms with van der Waals surface area (Å²) in [6, 6.07) is 11.7. The molecule has 2 rings (SSSR count). The second-order valence-electron chi connectivity index (χ2n) is 4.61. The van der Waals surface area contributed by atoms with Gasteiger partial charge in [0.25, 0.3) is 0 Å². The molecule has 4 heteroatoms. The highest BCUT2D eigenvalue weighted by Gasteiger charge is 2.10. The van der Waals surface area contributed by atoms with Crippen LogP contribution in [-0.2, 0) is 6.61 Å². The molecule has 2 N–H and O–H groups in total. The van der Waals surface area contributed by atoms with Crippen LogP contribution in [0.25, 0.3) is 0 Å². The summed E-state index contributed by atoms with van der Waals surface area (Å²) in [4.78, 5) is 0. The summed E-state index contributed by atoms with van der Waals surface area (Å²) in [5, 5.41) is 0. The molecule has 0 aliphatic heterocycles. The molecule has 0 heterocycles. The lowest BCUT2D eigenvalue weighted by Crippen LogP contribution is -2.08. The van der Waals surface area contributed by atoms with Gasteiger partial charge >= 0.3 is 0 Å². The summed E-state index contributed by atoms with van der Waals surface area (Å²) in [6.45, 7) is 2.18. The van der Waals surface area contributed by atoms with Crippen LogP contribution in [0.4, 0.5) is 4.39 Å². The molecule has 0 fully saturated rings. The molecule has 106 valence electrons. The van der Waals surface area contributed by atoms with Gasteiger partial charge in [0, 0.05) is 11.6 Å². The van der Waals surface area contributed by atoms with Crippen LogP contribution in [0.1, 0.15) is 24.1 Å². The zero-order chi connectivity index (χ0) is 14.5. The quantitative estimate of drug-likeness (QED) is 0.909. The second kappa shape index (κ2) is 6.39. The van der Waals surface area contributed by atoms with Crippen molar-refractivity contribution in [2.75, 3.05) is 7.11 Å². The number of hydrogen-bond acceptors (Lipinski definition) is 3. The summed E-state index contributed by atoms with van der Waals surface area (Å²) in [5.74, 6) is 1.06. The largest absolute Gasteiger partial charge is 0.497 e.